The monoisotopic (exact) mass is 242 g/mol. The predicted octanol–water partition coefficient (Wildman–Crippen LogP) is 0.0342. The second-order valence-electron chi connectivity index (χ2n) is 5.07. The molecule has 17 heavy (non-hydrogen) atoms. The maximum absolute atomic E-state index is 11.8. The zero-order chi connectivity index (χ0) is 13.0. The van der Waals surface area contributed by atoms with Gasteiger partial charge in [-0.2, -0.15) is 0 Å². The van der Waals surface area contributed by atoms with Crippen molar-refractivity contribution in [1.82, 2.24) is 10.6 Å². The molecule has 5 heteroatoms. The van der Waals surface area contributed by atoms with E-state index in [1.807, 2.05) is 13.8 Å². The number of aliphatic hydroxyl groups excluding tert-OH is 1. The SMILES string of the molecule is CC(=O)NC(C(=O)NCC(O)C1CC1)C(C)C. The molecule has 2 unspecified atom stereocenters. The minimum Gasteiger partial charge on any atom is -0.391 e. The molecule has 1 rings (SSSR count). The van der Waals surface area contributed by atoms with E-state index >= 15 is 0 Å². The summed E-state index contributed by atoms with van der Waals surface area (Å²) in [5, 5.41) is 14.9. The fraction of sp³-hybridized carbons (Fsp3) is 0.833. The summed E-state index contributed by atoms with van der Waals surface area (Å²) < 4.78 is 0. The van der Waals surface area contributed by atoms with E-state index < -0.39 is 12.1 Å². The van der Waals surface area contributed by atoms with Crippen molar-refractivity contribution >= 4 is 11.8 Å². The summed E-state index contributed by atoms with van der Waals surface area (Å²) in [6.45, 7) is 5.41. The van der Waals surface area contributed by atoms with Crippen molar-refractivity contribution in [3.63, 3.8) is 0 Å². The quantitative estimate of drug-likeness (QED) is 0.615. The van der Waals surface area contributed by atoms with Gasteiger partial charge in [-0.25, -0.2) is 0 Å². The number of amides is 2. The Morgan fingerprint density at radius 1 is 1.35 bits per heavy atom. The normalized spacial score (nSPS) is 18.6. The van der Waals surface area contributed by atoms with E-state index in [4.69, 9.17) is 0 Å². The lowest BCUT2D eigenvalue weighted by atomic mass is 10.0. The van der Waals surface area contributed by atoms with Gasteiger partial charge in [0.25, 0.3) is 0 Å². The summed E-state index contributed by atoms with van der Waals surface area (Å²) in [4.78, 5) is 22.8. The second kappa shape index (κ2) is 6.00. The summed E-state index contributed by atoms with van der Waals surface area (Å²) >= 11 is 0. The third kappa shape index (κ3) is 4.73. The Labute approximate surface area is 102 Å². The van der Waals surface area contributed by atoms with Crippen LogP contribution >= 0.6 is 0 Å². The molecule has 0 bridgehead atoms. The molecule has 3 N–H and O–H groups in total. The zero-order valence-corrected chi connectivity index (χ0v) is 10.7. The summed E-state index contributed by atoms with van der Waals surface area (Å²) in [6.07, 6.45) is 1.62. The van der Waals surface area contributed by atoms with E-state index in [9.17, 15) is 14.7 Å². The first-order chi connectivity index (χ1) is 7.91. The molecule has 0 radical (unpaired) electrons. The van der Waals surface area contributed by atoms with Gasteiger partial charge in [-0.1, -0.05) is 13.8 Å². The molecular formula is C12H22N2O3. The molecule has 1 aliphatic rings. The lowest BCUT2D eigenvalue weighted by Gasteiger charge is -2.21. The Morgan fingerprint density at radius 2 is 1.94 bits per heavy atom. The predicted molar refractivity (Wildman–Crippen MR) is 64.2 cm³/mol. The Kier molecular flexibility index (Phi) is 4.93. The van der Waals surface area contributed by atoms with Crippen molar-refractivity contribution in [2.75, 3.05) is 6.54 Å². The van der Waals surface area contributed by atoms with Gasteiger partial charge < -0.3 is 15.7 Å². The van der Waals surface area contributed by atoms with Gasteiger partial charge in [-0.05, 0) is 24.7 Å². The minimum atomic E-state index is -0.529. The highest BCUT2D eigenvalue weighted by Crippen LogP contribution is 2.32. The minimum absolute atomic E-state index is 0.0250. The van der Waals surface area contributed by atoms with E-state index in [1.165, 1.54) is 6.92 Å². The maximum Gasteiger partial charge on any atom is 0.242 e. The maximum atomic E-state index is 11.8. The van der Waals surface area contributed by atoms with Gasteiger partial charge in [0.1, 0.15) is 6.04 Å². The van der Waals surface area contributed by atoms with Crippen LogP contribution in [-0.2, 0) is 9.59 Å². The number of hydrogen-bond donors (Lipinski definition) is 3. The molecule has 1 fully saturated rings. The molecule has 0 saturated heterocycles. The van der Waals surface area contributed by atoms with Gasteiger partial charge in [0.15, 0.2) is 0 Å². The fourth-order valence-corrected chi connectivity index (χ4v) is 1.72. The van der Waals surface area contributed by atoms with Crippen molar-refractivity contribution < 1.29 is 14.7 Å². The van der Waals surface area contributed by atoms with E-state index in [-0.39, 0.29) is 24.3 Å². The van der Waals surface area contributed by atoms with Crippen LogP contribution in [-0.4, -0.2) is 35.6 Å². The van der Waals surface area contributed by atoms with E-state index in [1.54, 1.807) is 0 Å². The van der Waals surface area contributed by atoms with E-state index in [2.05, 4.69) is 10.6 Å². The lowest BCUT2D eigenvalue weighted by molar-refractivity contribution is -0.129. The number of nitrogens with one attached hydrogen (secondary N) is 2. The third-order valence-corrected chi connectivity index (χ3v) is 2.96. The van der Waals surface area contributed by atoms with Crippen molar-refractivity contribution in [1.29, 1.82) is 0 Å². The molecule has 5 nitrogen and oxygen atoms in total. The molecule has 1 saturated carbocycles. The summed E-state index contributed by atoms with van der Waals surface area (Å²) in [6, 6.07) is -0.529. The summed E-state index contributed by atoms with van der Waals surface area (Å²) in [5.41, 5.74) is 0. The molecule has 0 aromatic heterocycles. The van der Waals surface area contributed by atoms with Crippen LogP contribution in [0.25, 0.3) is 0 Å². The molecule has 0 heterocycles. The van der Waals surface area contributed by atoms with Crippen LogP contribution in [0.4, 0.5) is 0 Å². The number of carbonyl (C=O) groups excluding carboxylic acids is 2. The van der Waals surface area contributed by atoms with Crippen LogP contribution in [0.3, 0.4) is 0 Å². The first-order valence-electron chi connectivity index (χ1n) is 6.14. The van der Waals surface area contributed by atoms with Gasteiger partial charge in [-0.15, -0.1) is 0 Å². The van der Waals surface area contributed by atoms with Crippen molar-refractivity contribution in [3.05, 3.63) is 0 Å². The standard InChI is InChI=1S/C12H22N2O3/c1-7(2)11(14-8(3)15)12(17)13-6-10(16)9-4-5-9/h7,9-11,16H,4-6H2,1-3H3,(H,13,17)(H,14,15). The van der Waals surface area contributed by atoms with Gasteiger partial charge in [-0.3, -0.25) is 9.59 Å². The van der Waals surface area contributed by atoms with Crippen LogP contribution in [0, 0.1) is 11.8 Å². The topological polar surface area (TPSA) is 78.4 Å². The molecule has 2 amide bonds. The number of hydrogen-bond acceptors (Lipinski definition) is 3. The van der Waals surface area contributed by atoms with Gasteiger partial charge in [0, 0.05) is 13.5 Å². The van der Waals surface area contributed by atoms with E-state index in [0.29, 0.717) is 5.92 Å². The first-order valence-corrected chi connectivity index (χ1v) is 6.14. The lowest BCUT2D eigenvalue weighted by Crippen LogP contribution is -2.50. The van der Waals surface area contributed by atoms with Gasteiger partial charge in [0.2, 0.25) is 11.8 Å². The zero-order valence-electron chi connectivity index (χ0n) is 10.7. The highest BCUT2D eigenvalue weighted by atomic mass is 16.3. The second-order valence-corrected chi connectivity index (χ2v) is 5.07. The van der Waals surface area contributed by atoms with E-state index in [0.717, 1.165) is 12.8 Å². The van der Waals surface area contributed by atoms with Crippen LogP contribution in [0.2, 0.25) is 0 Å². The molecule has 0 aromatic carbocycles. The molecule has 2 atom stereocenters. The molecule has 1 aliphatic carbocycles. The van der Waals surface area contributed by atoms with Crippen molar-refractivity contribution in [3.8, 4) is 0 Å². The number of rotatable bonds is 6. The average molecular weight is 242 g/mol. The summed E-state index contributed by atoms with van der Waals surface area (Å²) in [7, 11) is 0. The molecule has 0 spiro atoms. The smallest absolute Gasteiger partial charge is 0.242 e. The van der Waals surface area contributed by atoms with Gasteiger partial charge >= 0.3 is 0 Å². The Bertz CT molecular complexity index is 287. The fourth-order valence-electron chi connectivity index (χ4n) is 1.72. The Morgan fingerprint density at radius 3 is 2.35 bits per heavy atom. The average Bonchev–Trinajstić information content (AvgIpc) is 3.04. The van der Waals surface area contributed by atoms with Crippen LogP contribution in [0.15, 0.2) is 0 Å². The van der Waals surface area contributed by atoms with Crippen LogP contribution < -0.4 is 10.6 Å². The third-order valence-electron chi connectivity index (χ3n) is 2.96. The molecule has 0 aromatic rings. The first kappa shape index (κ1) is 14.0. The van der Waals surface area contributed by atoms with Crippen LogP contribution in [0.1, 0.15) is 33.6 Å². The van der Waals surface area contributed by atoms with Crippen molar-refractivity contribution in [2.45, 2.75) is 45.8 Å². The number of aliphatic hydroxyl groups is 1. The Balaban J connectivity index is 2.38. The largest absolute Gasteiger partial charge is 0.391 e. The van der Waals surface area contributed by atoms with Crippen LogP contribution in [0.5, 0.6) is 0 Å². The van der Waals surface area contributed by atoms with Crippen molar-refractivity contribution in [2.24, 2.45) is 11.8 Å². The summed E-state index contributed by atoms with van der Waals surface area (Å²) in [5.74, 6) is -0.0815. The number of carbonyl (C=O) groups is 2. The Hall–Kier alpha value is -1.10. The molecular weight excluding hydrogens is 220 g/mol. The van der Waals surface area contributed by atoms with Gasteiger partial charge in [0.05, 0.1) is 6.10 Å². The highest BCUT2D eigenvalue weighted by Gasteiger charge is 2.30. The molecule has 98 valence electrons. The molecule has 0 aliphatic heterocycles. The highest BCUT2D eigenvalue weighted by molar-refractivity contribution is 5.87.